The zero-order valence-electron chi connectivity index (χ0n) is 11.6. The Morgan fingerprint density at radius 1 is 1.42 bits per heavy atom. The van der Waals surface area contributed by atoms with Crippen LogP contribution in [0.4, 0.5) is 0 Å². The average Bonchev–Trinajstić information content (AvgIpc) is 2.67. The van der Waals surface area contributed by atoms with E-state index in [1.807, 2.05) is 43.5 Å². The molecule has 0 fully saturated rings. The number of aromatic nitrogens is 2. The summed E-state index contributed by atoms with van der Waals surface area (Å²) < 4.78 is 7.64. The molecule has 4 heteroatoms. The fraction of sp³-hybridized carbons (Fsp3) is 0.400. The molecule has 0 aliphatic heterocycles. The van der Waals surface area contributed by atoms with Gasteiger partial charge in [-0.3, -0.25) is 0 Å². The summed E-state index contributed by atoms with van der Waals surface area (Å²) in [4.78, 5) is 4.56. The second-order valence-corrected chi connectivity index (χ2v) is 4.87. The van der Waals surface area contributed by atoms with Gasteiger partial charge >= 0.3 is 0 Å². The maximum atomic E-state index is 5.94. The summed E-state index contributed by atoms with van der Waals surface area (Å²) in [6.45, 7) is 6.36. The van der Waals surface area contributed by atoms with Crippen molar-refractivity contribution in [3.8, 4) is 18.1 Å². The van der Waals surface area contributed by atoms with Gasteiger partial charge < -0.3 is 15.0 Å². The van der Waals surface area contributed by atoms with Crippen molar-refractivity contribution in [2.45, 2.75) is 39.5 Å². The molecule has 0 radical (unpaired) electrons. The summed E-state index contributed by atoms with van der Waals surface area (Å²) >= 11 is 0. The largest absolute Gasteiger partial charge is 0.491 e. The Balaban J connectivity index is 2.53. The molecule has 1 aromatic heterocycles. The second-order valence-electron chi connectivity index (χ2n) is 4.87. The number of terminal acetylenes is 1. The minimum atomic E-state index is -0.157. The van der Waals surface area contributed by atoms with Gasteiger partial charge in [-0.05, 0) is 32.9 Å². The molecule has 1 unspecified atom stereocenters. The number of nitrogens with zero attached hydrogens (tertiary/aromatic N) is 2. The predicted molar refractivity (Wildman–Crippen MR) is 76.9 cm³/mol. The van der Waals surface area contributed by atoms with Crippen molar-refractivity contribution in [3.63, 3.8) is 0 Å². The molecule has 1 atom stereocenters. The van der Waals surface area contributed by atoms with E-state index in [1.165, 1.54) is 0 Å². The van der Waals surface area contributed by atoms with Crippen molar-refractivity contribution in [1.82, 2.24) is 9.55 Å². The maximum Gasteiger partial charge on any atom is 0.127 e. The first-order valence-electron chi connectivity index (χ1n) is 6.38. The minimum absolute atomic E-state index is 0.137. The van der Waals surface area contributed by atoms with Crippen molar-refractivity contribution < 1.29 is 4.74 Å². The summed E-state index contributed by atoms with van der Waals surface area (Å²) in [5.41, 5.74) is 7.79. The number of rotatable bonds is 4. The van der Waals surface area contributed by atoms with Crippen LogP contribution in [0.15, 0.2) is 18.2 Å². The minimum Gasteiger partial charge on any atom is -0.491 e. The van der Waals surface area contributed by atoms with Crippen molar-refractivity contribution >= 4 is 11.0 Å². The molecular weight excluding hydrogens is 238 g/mol. The smallest absolute Gasteiger partial charge is 0.127 e. The van der Waals surface area contributed by atoms with E-state index in [0.29, 0.717) is 6.54 Å². The van der Waals surface area contributed by atoms with Gasteiger partial charge in [0.1, 0.15) is 11.6 Å². The highest BCUT2D eigenvalue weighted by Gasteiger charge is 2.14. The summed E-state index contributed by atoms with van der Waals surface area (Å²) in [5, 5.41) is 0. The molecule has 2 N–H and O–H groups in total. The molecule has 1 heterocycles. The van der Waals surface area contributed by atoms with Crippen LogP contribution in [-0.2, 0) is 6.54 Å². The Labute approximate surface area is 113 Å². The molecular formula is C15H19N3O. The summed E-state index contributed by atoms with van der Waals surface area (Å²) in [7, 11) is 0. The lowest BCUT2D eigenvalue weighted by Crippen LogP contribution is -2.13. The van der Waals surface area contributed by atoms with Crippen LogP contribution >= 0.6 is 0 Å². The molecule has 0 saturated heterocycles. The van der Waals surface area contributed by atoms with Crippen molar-refractivity contribution in [3.05, 3.63) is 24.0 Å². The number of hydrogen-bond acceptors (Lipinski definition) is 3. The third kappa shape index (κ3) is 2.72. The molecule has 0 spiro atoms. The van der Waals surface area contributed by atoms with Gasteiger partial charge in [0, 0.05) is 6.07 Å². The van der Waals surface area contributed by atoms with Crippen LogP contribution in [0, 0.1) is 12.3 Å². The lowest BCUT2D eigenvalue weighted by atomic mass is 10.3. The van der Waals surface area contributed by atoms with Gasteiger partial charge in [0.05, 0.1) is 29.7 Å². The van der Waals surface area contributed by atoms with E-state index in [-0.39, 0.29) is 12.1 Å². The number of imidazole rings is 1. The van der Waals surface area contributed by atoms with Crippen LogP contribution in [0.2, 0.25) is 0 Å². The molecule has 0 bridgehead atoms. The molecule has 0 aliphatic rings. The predicted octanol–water partition coefficient (Wildman–Crippen LogP) is 2.48. The molecule has 19 heavy (non-hydrogen) atoms. The fourth-order valence-electron chi connectivity index (χ4n) is 2.08. The highest BCUT2D eigenvalue weighted by Crippen LogP contribution is 2.24. The zero-order valence-corrected chi connectivity index (χ0v) is 11.6. The lowest BCUT2D eigenvalue weighted by molar-refractivity contribution is 0.242. The number of benzene rings is 1. The van der Waals surface area contributed by atoms with E-state index >= 15 is 0 Å². The number of ether oxygens (including phenoxy) is 1. The van der Waals surface area contributed by atoms with E-state index < -0.39 is 0 Å². The first-order chi connectivity index (χ1) is 9.02. The molecule has 2 aromatic rings. The maximum absolute atomic E-state index is 5.94. The summed E-state index contributed by atoms with van der Waals surface area (Å²) in [6.07, 6.45) is 5.55. The van der Waals surface area contributed by atoms with Gasteiger partial charge in [-0.1, -0.05) is 5.92 Å². The fourth-order valence-corrected chi connectivity index (χ4v) is 2.08. The normalized spacial score (nSPS) is 12.6. The van der Waals surface area contributed by atoms with E-state index in [9.17, 15) is 0 Å². The SMILES string of the molecule is C#CCn1c(C(C)N)nc2cc(OC(C)C)ccc21. The standard InChI is InChI=1S/C15H19N3O/c1-5-8-18-14-7-6-12(19-10(2)3)9-13(14)17-15(18)11(4)16/h1,6-7,9-11H,8,16H2,2-4H3. The summed E-state index contributed by atoms with van der Waals surface area (Å²) in [6, 6.07) is 5.68. The van der Waals surface area contributed by atoms with Gasteiger partial charge in [0.2, 0.25) is 0 Å². The second kappa shape index (κ2) is 5.33. The number of fused-ring (bicyclic) bond motifs is 1. The van der Waals surface area contributed by atoms with Gasteiger partial charge in [0.15, 0.2) is 0 Å². The van der Waals surface area contributed by atoms with E-state index in [2.05, 4.69) is 10.9 Å². The molecule has 2 rings (SSSR count). The number of nitrogens with two attached hydrogens (primary N) is 1. The molecule has 0 saturated carbocycles. The van der Waals surface area contributed by atoms with Gasteiger partial charge in [-0.15, -0.1) is 6.42 Å². The quantitative estimate of drug-likeness (QED) is 0.856. The topological polar surface area (TPSA) is 53.1 Å². The van der Waals surface area contributed by atoms with Crippen LogP contribution in [0.25, 0.3) is 11.0 Å². The Kier molecular flexibility index (Phi) is 3.77. The third-order valence-electron chi connectivity index (χ3n) is 2.78. The van der Waals surface area contributed by atoms with E-state index in [4.69, 9.17) is 16.9 Å². The Morgan fingerprint density at radius 3 is 2.74 bits per heavy atom. The summed E-state index contributed by atoms with van der Waals surface area (Å²) in [5.74, 6) is 4.25. The van der Waals surface area contributed by atoms with Gasteiger partial charge in [0.25, 0.3) is 0 Å². The van der Waals surface area contributed by atoms with Crippen molar-refractivity contribution in [1.29, 1.82) is 0 Å². The van der Waals surface area contributed by atoms with Crippen molar-refractivity contribution in [2.75, 3.05) is 0 Å². The van der Waals surface area contributed by atoms with Gasteiger partial charge in [-0.2, -0.15) is 0 Å². The van der Waals surface area contributed by atoms with Gasteiger partial charge in [-0.25, -0.2) is 4.98 Å². The molecule has 0 aliphatic carbocycles. The monoisotopic (exact) mass is 257 g/mol. The first kappa shape index (κ1) is 13.4. The molecule has 4 nitrogen and oxygen atoms in total. The Hall–Kier alpha value is -1.99. The van der Waals surface area contributed by atoms with Crippen LogP contribution < -0.4 is 10.5 Å². The van der Waals surface area contributed by atoms with E-state index in [1.54, 1.807) is 0 Å². The van der Waals surface area contributed by atoms with Crippen LogP contribution in [0.5, 0.6) is 5.75 Å². The average molecular weight is 257 g/mol. The molecule has 1 aromatic carbocycles. The first-order valence-corrected chi connectivity index (χ1v) is 6.38. The van der Waals surface area contributed by atoms with E-state index in [0.717, 1.165) is 22.6 Å². The van der Waals surface area contributed by atoms with Crippen LogP contribution in [-0.4, -0.2) is 15.7 Å². The Morgan fingerprint density at radius 2 is 2.16 bits per heavy atom. The molecule has 100 valence electrons. The Bertz CT molecular complexity index is 620. The zero-order chi connectivity index (χ0) is 14.0. The number of hydrogen-bond donors (Lipinski definition) is 1. The van der Waals surface area contributed by atoms with Crippen molar-refractivity contribution in [2.24, 2.45) is 5.73 Å². The lowest BCUT2D eigenvalue weighted by Gasteiger charge is -2.10. The highest BCUT2D eigenvalue weighted by molar-refractivity contribution is 5.78. The van der Waals surface area contributed by atoms with Crippen LogP contribution in [0.1, 0.15) is 32.6 Å². The third-order valence-corrected chi connectivity index (χ3v) is 2.78. The van der Waals surface area contributed by atoms with Crippen LogP contribution in [0.3, 0.4) is 0 Å². The molecule has 0 amide bonds. The highest BCUT2D eigenvalue weighted by atomic mass is 16.5.